The van der Waals surface area contributed by atoms with Crippen LogP contribution in [0.25, 0.3) is 126 Å². The predicted octanol–water partition coefficient (Wildman–Crippen LogP) is 14.6. The molecule has 268 valence electrons. The second-order valence-corrected chi connectivity index (χ2v) is 15.2. The lowest BCUT2D eigenvalue weighted by Gasteiger charge is -2.16. The largest absolute Gasteiger partial charge is 0.436 e. The molecule has 0 saturated heterocycles. The summed E-state index contributed by atoms with van der Waals surface area (Å²) in [5.41, 5.74) is 8.30. The van der Waals surface area contributed by atoms with E-state index in [2.05, 4.69) is 174 Å². The van der Waals surface area contributed by atoms with E-state index in [9.17, 15) is 0 Å². The summed E-state index contributed by atoms with van der Waals surface area (Å²) in [6, 6.07) is 67.4. The Bertz CT molecular complexity index is 3820. The van der Waals surface area contributed by atoms with Crippen LogP contribution in [0.1, 0.15) is 0 Å². The van der Waals surface area contributed by atoms with Crippen molar-refractivity contribution in [3.63, 3.8) is 0 Å². The zero-order valence-electron chi connectivity index (χ0n) is 31.1. The monoisotopic (exact) mass is 737 g/mol. The van der Waals surface area contributed by atoms with Gasteiger partial charge in [-0.2, -0.15) is 0 Å². The molecule has 0 atom stereocenters. The molecule has 0 radical (unpaired) electrons. The summed E-state index contributed by atoms with van der Waals surface area (Å²) in [7, 11) is 0. The molecule has 0 unspecified atom stereocenters. The highest BCUT2D eigenvalue weighted by atomic mass is 16.3. The first-order valence-electron chi connectivity index (χ1n) is 19.8. The molecule has 0 fully saturated rings. The molecule has 0 aliphatic rings. The fraction of sp³-hybridized carbons (Fsp3) is 0. The minimum absolute atomic E-state index is 0.518. The van der Waals surface area contributed by atoms with Crippen LogP contribution in [-0.2, 0) is 0 Å². The van der Waals surface area contributed by atoms with E-state index in [-0.39, 0.29) is 0 Å². The van der Waals surface area contributed by atoms with E-state index in [1.54, 1.807) is 0 Å². The Labute approximate surface area is 331 Å². The van der Waals surface area contributed by atoms with Crippen molar-refractivity contribution in [1.82, 2.24) is 14.5 Å². The number of hydrogen-bond acceptors (Lipinski definition) is 3. The van der Waals surface area contributed by atoms with E-state index in [0.717, 1.165) is 60.8 Å². The maximum absolute atomic E-state index is 6.50. The van der Waals surface area contributed by atoms with Crippen molar-refractivity contribution in [3.05, 3.63) is 188 Å². The van der Waals surface area contributed by atoms with Gasteiger partial charge in [-0.15, -0.1) is 0 Å². The first-order valence-corrected chi connectivity index (χ1v) is 19.8. The maximum atomic E-state index is 6.50. The number of para-hydroxylation sites is 1. The van der Waals surface area contributed by atoms with Gasteiger partial charge >= 0.3 is 0 Å². The molecule has 13 rings (SSSR count). The van der Waals surface area contributed by atoms with E-state index >= 15 is 0 Å². The van der Waals surface area contributed by atoms with Gasteiger partial charge in [-0.3, -0.25) is 4.57 Å². The molecule has 0 aliphatic heterocycles. The highest BCUT2D eigenvalue weighted by Gasteiger charge is 2.26. The van der Waals surface area contributed by atoms with Gasteiger partial charge in [0.1, 0.15) is 16.8 Å². The van der Waals surface area contributed by atoms with E-state index < -0.39 is 0 Å². The molecule has 58 heavy (non-hydrogen) atoms. The third-order valence-corrected chi connectivity index (χ3v) is 12.2. The first kappa shape index (κ1) is 31.4. The van der Waals surface area contributed by atoms with Crippen molar-refractivity contribution in [2.45, 2.75) is 0 Å². The minimum Gasteiger partial charge on any atom is -0.436 e. The molecule has 0 bridgehead atoms. The van der Waals surface area contributed by atoms with Crippen LogP contribution in [0.5, 0.6) is 0 Å². The van der Waals surface area contributed by atoms with Crippen LogP contribution in [0.4, 0.5) is 0 Å². The molecule has 0 saturated carbocycles. The molecule has 0 spiro atoms. The van der Waals surface area contributed by atoms with E-state index in [0.29, 0.717) is 5.71 Å². The minimum atomic E-state index is 0.518. The van der Waals surface area contributed by atoms with E-state index in [1.807, 2.05) is 18.2 Å². The SMILES string of the molecule is c1ccc(-c2ccc(-c3nc4oc5ccccc5c4nc3-n3c4ccc5c6ccccc6c6ccccc6c5c4c4ccc5ccccc5c43)c3ccccc23)cc1. The van der Waals surface area contributed by atoms with Crippen LogP contribution in [-0.4, -0.2) is 14.5 Å². The Morgan fingerprint density at radius 3 is 1.72 bits per heavy atom. The molecule has 3 aromatic heterocycles. The molecule has 0 aliphatic carbocycles. The van der Waals surface area contributed by atoms with Gasteiger partial charge in [-0.05, 0) is 72.4 Å². The lowest BCUT2D eigenvalue weighted by molar-refractivity contribution is 0.653. The van der Waals surface area contributed by atoms with Gasteiger partial charge in [0, 0.05) is 32.5 Å². The first-order chi connectivity index (χ1) is 28.8. The van der Waals surface area contributed by atoms with Crippen molar-refractivity contribution in [2.75, 3.05) is 0 Å². The topological polar surface area (TPSA) is 43.9 Å². The number of aromatic nitrogens is 3. The van der Waals surface area contributed by atoms with Gasteiger partial charge in [0.2, 0.25) is 5.71 Å². The molecule has 10 aromatic carbocycles. The highest BCUT2D eigenvalue weighted by molar-refractivity contribution is 6.36. The summed E-state index contributed by atoms with van der Waals surface area (Å²) in [4.78, 5) is 11.2. The van der Waals surface area contributed by atoms with Crippen molar-refractivity contribution >= 4 is 97.9 Å². The second kappa shape index (κ2) is 11.8. The Kier molecular flexibility index (Phi) is 6.41. The summed E-state index contributed by atoms with van der Waals surface area (Å²) in [6.45, 7) is 0. The average molecular weight is 738 g/mol. The fourth-order valence-electron chi connectivity index (χ4n) is 9.71. The van der Waals surface area contributed by atoms with Crippen LogP contribution in [0, 0.1) is 0 Å². The molecule has 4 nitrogen and oxygen atoms in total. The maximum Gasteiger partial charge on any atom is 0.247 e. The predicted molar refractivity (Wildman–Crippen MR) is 242 cm³/mol. The number of fused-ring (bicyclic) bond motifs is 16. The zero-order valence-corrected chi connectivity index (χ0v) is 31.1. The summed E-state index contributed by atoms with van der Waals surface area (Å²) in [5.74, 6) is 0.762. The van der Waals surface area contributed by atoms with Crippen LogP contribution in [0.3, 0.4) is 0 Å². The van der Waals surface area contributed by atoms with Crippen LogP contribution in [0.2, 0.25) is 0 Å². The van der Waals surface area contributed by atoms with Crippen LogP contribution in [0.15, 0.2) is 192 Å². The lowest BCUT2D eigenvalue weighted by atomic mass is 9.91. The van der Waals surface area contributed by atoms with Crippen LogP contribution >= 0.6 is 0 Å². The molecule has 3 heterocycles. The van der Waals surface area contributed by atoms with Gasteiger partial charge in [0.25, 0.3) is 0 Å². The quantitative estimate of drug-likeness (QED) is 0.170. The summed E-state index contributed by atoms with van der Waals surface area (Å²) in [5, 5.41) is 15.4. The van der Waals surface area contributed by atoms with Crippen LogP contribution < -0.4 is 0 Å². The standard InChI is InChI=1S/C54H31N3O/c1-2-14-32(15-3-1)34-28-29-43(40-22-9-6-18-36(34)40)50-53(55-51-44-24-12-13-25-47(44)58-54(51)56-50)57-46-31-30-42-39-21-8-7-19-37(39)38-20-10-11-23-41(38)48(42)49(46)45-27-26-33-16-4-5-17-35(33)52(45)57/h1-31H. The molecule has 4 heteroatoms. The Hall–Kier alpha value is -7.82. The van der Waals surface area contributed by atoms with E-state index in [1.165, 1.54) is 59.6 Å². The summed E-state index contributed by atoms with van der Waals surface area (Å²) in [6.07, 6.45) is 0. The summed E-state index contributed by atoms with van der Waals surface area (Å²) < 4.78 is 8.89. The number of hydrogen-bond donors (Lipinski definition) is 0. The Morgan fingerprint density at radius 1 is 0.379 bits per heavy atom. The molecule has 0 N–H and O–H groups in total. The number of benzene rings is 10. The third kappa shape index (κ3) is 4.29. The smallest absolute Gasteiger partial charge is 0.247 e. The number of rotatable bonds is 3. The molecular weight excluding hydrogens is 707 g/mol. The van der Waals surface area contributed by atoms with E-state index in [4.69, 9.17) is 14.4 Å². The van der Waals surface area contributed by atoms with Gasteiger partial charge in [0.15, 0.2) is 5.82 Å². The molecule has 13 aromatic rings. The molecule has 0 amide bonds. The fourth-order valence-corrected chi connectivity index (χ4v) is 9.71. The van der Waals surface area contributed by atoms with Gasteiger partial charge in [0.05, 0.1) is 11.0 Å². The second-order valence-electron chi connectivity index (χ2n) is 15.2. The van der Waals surface area contributed by atoms with Crippen molar-refractivity contribution in [2.24, 2.45) is 0 Å². The third-order valence-electron chi connectivity index (χ3n) is 12.2. The van der Waals surface area contributed by atoms with Gasteiger partial charge in [-0.1, -0.05) is 170 Å². The van der Waals surface area contributed by atoms with Gasteiger partial charge in [-0.25, -0.2) is 9.97 Å². The lowest BCUT2D eigenvalue weighted by Crippen LogP contribution is -2.04. The molecular formula is C54H31N3O. The zero-order chi connectivity index (χ0) is 37.9. The van der Waals surface area contributed by atoms with Crippen molar-refractivity contribution in [3.8, 4) is 28.2 Å². The van der Waals surface area contributed by atoms with Gasteiger partial charge < -0.3 is 4.42 Å². The van der Waals surface area contributed by atoms with Crippen molar-refractivity contribution in [1.29, 1.82) is 0 Å². The number of furan rings is 1. The Balaban J connectivity index is 1.25. The highest BCUT2D eigenvalue weighted by Crippen LogP contribution is 2.47. The van der Waals surface area contributed by atoms with Crippen molar-refractivity contribution < 1.29 is 4.42 Å². The Morgan fingerprint density at radius 2 is 0.948 bits per heavy atom. The number of nitrogens with zero attached hydrogens (tertiary/aromatic N) is 3. The average Bonchev–Trinajstić information content (AvgIpc) is 3.84. The summed E-state index contributed by atoms with van der Waals surface area (Å²) >= 11 is 0. The normalized spacial score (nSPS) is 12.1.